The number of carbonyl (C=O) groups is 1. The zero-order valence-corrected chi connectivity index (χ0v) is 14.3. The molecule has 0 radical (unpaired) electrons. The van der Waals surface area contributed by atoms with Gasteiger partial charge in [-0.2, -0.15) is 5.10 Å². The standard InChI is InChI=1S/C20H16N4O3/c25-17-10-19(27-18-6-2-1-5-16(17)18)20(26)22-8-9-24-13-15(12-23-24)14-4-3-7-21-11-14/h1-7,10-13H,8-9H2,(H,22,26). The number of aromatic nitrogens is 3. The molecule has 0 bridgehead atoms. The van der Waals surface area contributed by atoms with Crippen molar-refractivity contribution in [1.29, 1.82) is 0 Å². The molecule has 3 heterocycles. The van der Waals surface area contributed by atoms with Crippen LogP contribution in [0.1, 0.15) is 10.6 Å². The van der Waals surface area contributed by atoms with Crippen molar-refractivity contribution in [3.8, 4) is 11.1 Å². The van der Waals surface area contributed by atoms with Crippen molar-refractivity contribution < 1.29 is 9.21 Å². The molecule has 7 heteroatoms. The number of benzene rings is 1. The van der Waals surface area contributed by atoms with E-state index in [0.717, 1.165) is 11.1 Å². The van der Waals surface area contributed by atoms with Crippen LogP contribution < -0.4 is 10.7 Å². The molecule has 1 N–H and O–H groups in total. The van der Waals surface area contributed by atoms with Gasteiger partial charge in [-0.1, -0.05) is 18.2 Å². The van der Waals surface area contributed by atoms with E-state index in [-0.39, 0.29) is 11.2 Å². The first-order valence-corrected chi connectivity index (χ1v) is 8.45. The van der Waals surface area contributed by atoms with Crippen LogP contribution in [0.2, 0.25) is 0 Å². The Hall–Kier alpha value is -3.74. The molecule has 0 aliphatic rings. The van der Waals surface area contributed by atoms with Crippen molar-refractivity contribution in [2.24, 2.45) is 0 Å². The number of pyridine rings is 1. The largest absolute Gasteiger partial charge is 0.451 e. The Balaban J connectivity index is 1.40. The number of amides is 1. The van der Waals surface area contributed by atoms with Crippen LogP contribution in [-0.4, -0.2) is 27.2 Å². The highest BCUT2D eigenvalue weighted by molar-refractivity contribution is 5.93. The first-order chi connectivity index (χ1) is 13.2. The van der Waals surface area contributed by atoms with E-state index in [4.69, 9.17) is 4.42 Å². The fraction of sp³-hybridized carbons (Fsp3) is 0.100. The van der Waals surface area contributed by atoms with Gasteiger partial charge in [0, 0.05) is 42.3 Å². The Labute approximate surface area is 154 Å². The molecule has 7 nitrogen and oxygen atoms in total. The fourth-order valence-corrected chi connectivity index (χ4v) is 2.76. The number of nitrogens with one attached hydrogen (secondary N) is 1. The van der Waals surface area contributed by atoms with Gasteiger partial charge in [-0.15, -0.1) is 0 Å². The highest BCUT2D eigenvalue weighted by Crippen LogP contribution is 2.16. The third kappa shape index (κ3) is 3.62. The lowest BCUT2D eigenvalue weighted by Gasteiger charge is -2.05. The van der Waals surface area contributed by atoms with E-state index in [1.807, 2.05) is 18.3 Å². The summed E-state index contributed by atoms with van der Waals surface area (Å²) in [4.78, 5) is 28.4. The zero-order valence-electron chi connectivity index (χ0n) is 14.3. The number of rotatable bonds is 5. The molecule has 0 aliphatic carbocycles. The molecular formula is C20H16N4O3. The molecule has 3 aromatic heterocycles. The summed E-state index contributed by atoms with van der Waals surface area (Å²) in [6, 6.07) is 11.9. The van der Waals surface area contributed by atoms with Gasteiger partial charge in [-0.3, -0.25) is 19.3 Å². The van der Waals surface area contributed by atoms with Gasteiger partial charge in [0.1, 0.15) is 5.58 Å². The predicted octanol–water partition coefficient (Wildman–Crippen LogP) is 2.48. The SMILES string of the molecule is O=C(NCCn1cc(-c2cccnc2)cn1)c1cc(=O)c2ccccc2o1. The monoisotopic (exact) mass is 360 g/mol. The molecule has 0 saturated carbocycles. The molecule has 1 aromatic carbocycles. The summed E-state index contributed by atoms with van der Waals surface area (Å²) in [5, 5.41) is 7.48. The van der Waals surface area contributed by atoms with E-state index in [0.29, 0.717) is 24.1 Å². The number of hydrogen-bond acceptors (Lipinski definition) is 5. The van der Waals surface area contributed by atoms with Crippen LogP contribution in [0, 0.1) is 0 Å². The van der Waals surface area contributed by atoms with Crippen LogP contribution >= 0.6 is 0 Å². The molecule has 0 spiro atoms. The third-order valence-electron chi connectivity index (χ3n) is 4.11. The van der Waals surface area contributed by atoms with E-state index in [1.54, 1.807) is 47.5 Å². The summed E-state index contributed by atoms with van der Waals surface area (Å²) < 4.78 is 7.26. The second kappa shape index (κ2) is 7.25. The van der Waals surface area contributed by atoms with Gasteiger partial charge in [-0.05, 0) is 18.2 Å². The second-order valence-corrected chi connectivity index (χ2v) is 5.96. The molecule has 0 fully saturated rings. The van der Waals surface area contributed by atoms with E-state index >= 15 is 0 Å². The highest BCUT2D eigenvalue weighted by atomic mass is 16.3. The van der Waals surface area contributed by atoms with E-state index in [2.05, 4.69) is 15.4 Å². The molecule has 27 heavy (non-hydrogen) atoms. The first-order valence-electron chi connectivity index (χ1n) is 8.45. The summed E-state index contributed by atoms with van der Waals surface area (Å²) in [6.07, 6.45) is 7.13. The predicted molar refractivity (Wildman–Crippen MR) is 100 cm³/mol. The van der Waals surface area contributed by atoms with Crippen LogP contribution in [0.25, 0.3) is 22.1 Å². The molecule has 0 saturated heterocycles. The van der Waals surface area contributed by atoms with Gasteiger partial charge in [0.15, 0.2) is 11.2 Å². The lowest BCUT2D eigenvalue weighted by atomic mass is 10.2. The fourth-order valence-electron chi connectivity index (χ4n) is 2.76. The lowest BCUT2D eigenvalue weighted by Crippen LogP contribution is -2.28. The Kier molecular flexibility index (Phi) is 4.49. The highest BCUT2D eigenvalue weighted by Gasteiger charge is 2.11. The molecular weight excluding hydrogens is 344 g/mol. The summed E-state index contributed by atoms with van der Waals surface area (Å²) in [6.45, 7) is 0.841. The van der Waals surface area contributed by atoms with Crippen LogP contribution in [0.4, 0.5) is 0 Å². The van der Waals surface area contributed by atoms with Crippen molar-refractivity contribution in [3.05, 3.63) is 83.2 Å². The van der Waals surface area contributed by atoms with E-state index < -0.39 is 5.91 Å². The molecule has 0 aliphatic heterocycles. The lowest BCUT2D eigenvalue weighted by molar-refractivity contribution is 0.0925. The maximum absolute atomic E-state index is 12.3. The Morgan fingerprint density at radius 1 is 1.11 bits per heavy atom. The maximum Gasteiger partial charge on any atom is 0.287 e. The maximum atomic E-state index is 12.3. The van der Waals surface area contributed by atoms with Gasteiger partial charge in [0.2, 0.25) is 0 Å². The third-order valence-corrected chi connectivity index (χ3v) is 4.11. The topological polar surface area (TPSA) is 90.0 Å². The molecule has 1 amide bonds. The molecule has 4 rings (SSSR count). The van der Waals surface area contributed by atoms with E-state index in [9.17, 15) is 9.59 Å². The van der Waals surface area contributed by atoms with Crippen molar-refractivity contribution in [2.45, 2.75) is 6.54 Å². The van der Waals surface area contributed by atoms with Gasteiger partial charge in [0.05, 0.1) is 18.1 Å². The molecule has 134 valence electrons. The Bertz CT molecular complexity index is 1150. The van der Waals surface area contributed by atoms with Crippen molar-refractivity contribution in [3.63, 3.8) is 0 Å². The average Bonchev–Trinajstić information content (AvgIpc) is 3.17. The number of fused-ring (bicyclic) bond motifs is 1. The first kappa shape index (κ1) is 16.7. The van der Waals surface area contributed by atoms with Gasteiger partial charge in [-0.25, -0.2) is 0 Å². The minimum atomic E-state index is -0.433. The van der Waals surface area contributed by atoms with Crippen molar-refractivity contribution >= 4 is 16.9 Å². The van der Waals surface area contributed by atoms with Crippen LogP contribution in [-0.2, 0) is 6.54 Å². The van der Waals surface area contributed by atoms with Gasteiger partial charge in [0.25, 0.3) is 5.91 Å². The summed E-state index contributed by atoms with van der Waals surface area (Å²) in [5.41, 5.74) is 2.08. The second-order valence-electron chi connectivity index (χ2n) is 5.96. The van der Waals surface area contributed by atoms with Crippen LogP contribution in [0.5, 0.6) is 0 Å². The normalized spacial score (nSPS) is 10.8. The Morgan fingerprint density at radius 2 is 2.00 bits per heavy atom. The molecule has 0 atom stereocenters. The summed E-state index contributed by atoms with van der Waals surface area (Å²) in [5.74, 6) is -0.437. The minimum Gasteiger partial charge on any atom is -0.451 e. The summed E-state index contributed by atoms with van der Waals surface area (Å²) in [7, 11) is 0. The van der Waals surface area contributed by atoms with Gasteiger partial charge < -0.3 is 9.73 Å². The van der Waals surface area contributed by atoms with Crippen LogP contribution in [0.3, 0.4) is 0 Å². The summed E-state index contributed by atoms with van der Waals surface area (Å²) >= 11 is 0. The number of para-hydroxylation sites is 1. The minimum absolute atomic E-state index is 0.00443. The molecule has 4 aromatic rings. The van der Waals surface area contributed by atoms with Crippen LogP contribution in [0.15, 0.2) is 76.5 Å². The van der Waals surface area contributed by atoms with Crippen molar-refractivity contribution in [1.82, 2.24) is 20.1 Å². The van der Waals surface area contributed by atoms with Crippen molar-refractivity contribution in [2.75, 3.05) is 6.54 Å². The molecule has 0 unspecified atom stereocenters. The number of carbonyl (C=O) groups excluding carboxylic acids is 1. The average molecular weight is 360 g/mol. The smallest absolute Gasteiger partial charge is 0.287 e. The zero-order chi connectivity index (χ0) is 18.6. The van der Waals surface area contributed by atoms with E-state index in [1.165, 1.54) is 6.07 Å². The van der Waals surface area contributed by atoms with Gasteiger partial charge >= 0.3 is 0 Å². The number of hydrogen-bond donors (Lipinski definition) is 1. The number of nitrogens with zero attached hydrogens (tertiary/aromatic N) is 3. The quantitative estimate of drug-likeness (QED) is 0.590. The Morgan fingerprint density at radius 3 is 2.85 bits per heavy atom.